The molecule has 0 spiro atoms. The van der Waals surface area contributed by atoms with Crippen molar-refractivity contribution in [2.75, 3.05) is 11.4 Å². The molecule has 146 valence electrons. The standard InChI is InChI=1S/C24H28N2O2/c1-17(2)26(16-18-9-4-3-5-10-18)24(28)21-15-20(21)23(27)25-14-8-12-19-11-6-7-13-22(19)25/h3-7,9-11,13,17,20-21H,8,12,14-16H2,1-2H3. The Hall–Kier alpha value is -2.62. The van der Waals surface area contributed by atoms with E-state index in [1.54, 1.807) is 0 Å². The molecule has 4 nitrogen and oxygen atoms in total. The number of amides is 2. The van der Waals surface area contributed by atoms with Crippen LogP contribution in [0.15, 0.2) is 54.6 Å². The highest BCUT2D eigenvalue weighted by Gasteiger charge is 2.51. The molecule has 1 aliphatic heterocycles. The molecule has 28 heavy (non-hydrogen) atoms. The quantitative estimate of drug-likeness (QED) is 0.790. The predicted octanol–water partition coefficient (Wildman–Crippen LogP) is 4.04. The van der Waals surface area contributed by atoms with Gasteiger partial charge in [0.2, 0.25) is 11.8 Å². The lowest BCUT2D eigenvalue weighted by atomic mass is 10.0. The molecule has 0 saturated heterocycles. The zero-order chi connectivity index (χ0) is 19.7. The van der Waals surface area contributed by atoms with Crippen LogP contribution in [0.25, 0.3) is 0 Å². The van der Waals surface area contributed by atoms with Crippen LogP contribution in [0.5, 0.6) is 0 Å². The van der Waals surface area contributed by atoms with Crippen LogP contribution in [-0.4, -0.2) is 29.3 Å². The summed E-state index contributed by atoms with van der Waals surface area (Å²) in [6.07, 6.45) is 2.68. The smallest absolute Gasteiger partial charge is 0.230 e. The SMILES string of the molecule is CC(C)N(Cc1ccccc1)C(=O)C1CC1C(=O)N1CCCc2ccccc21. The molecule has 0 aromatic heterocycles. The second kappa shape index (κ2) is 7.78. The molecule has 4 rings (SSSR count). The van der Waals surface area contributed by atoms with Gasteiger partial charge in [-0.2, -0.15) is 0 Å². The highest BCUT2D eigenvalue weighted by Crippen LogP contribution is 2.43. The highest BCUT2D eigenvalue weighted by molar-refractivity contribution is 6.01. The number of carbonyl (C=O) groups is 2. The molecule has 2 aromatic rings. The number of hydrogen-bond donors (Lipinski definition) is 0. The molecule has 2 atom stereocenters. The molecule has 0 radical (unpaired) electrons. The van der Waals surface area contributed by atoms with E-state index in [1.165, 1.54) is 5.56 Å². The third-order valence-corrected chi connectivity index (χ3v) is 5.90. The van der Waals surface area contributed by atoms with Crippen LogP contribution in [-0.2, 0) is 22.6 Å². The normalized spacial score (nSPS) is 20.6. The lowest BCUT2D eigenvalue weighted by Gasteiger charge is -2.30. The lowest BCUT2D eigenvalue weighted by Crippen LogP contribution is -2.40. The van der Waals surface area contributed by atoms with Gasteiger partial charge in [0.05, 0.1) is 11.8 Å². The zero-order valence-corrected chi connectivity index (χ0v) is 16.7. The van der Waals surface area contributed by atoms with E-state index in [4.69, 9.17) is 0 Å². The molecule has 2 aliphatic rings. The maximum Gasteiger partial charge on any atom is 0.230 e. The van der Waals surface area contributed by atoms with Crippen molar-refractivity contribution in [3.63, 3.8) is 0 Å². The number of hydrogen-bond acceptors (Lipinski definition) is 2. The fourth-order valence-electron chi connectivity index (χ4n) is 4.21. The largest absolute Gasteiger partial charge is 0.336 e. The first-order valence-corrected chi connectivity index (χ1v) is 10.3. The Morgan fingerprint density at radius 3 is 2.50 bits per heavy atom. The summed E-state index contributed by atoms with van der Waals surface area (Å²) in [7, 11) is 0. The van der Waals surface area contributed by atoms with Gasteiger partial charge in [-0.3, -0.25) is 9.59 Å². The summed E-state index contributed by atoms with van der Waals surface area (Å²) in [5, 5.41) is 0. The number of para-hydroxylation sites is 1. The average molecular weight is 377 g/mol. The second-order valence-electron chi connectivity index (χ2n) is 8.22. The Kier molecular flexibility index (Phi) is 5.21. The molecule has 1 heterocycles. The molecule has 0 bridgehead atoms. The van der Waals surface area contributed by atoms with Gasteiger partial charge in [0.1, 0.15) is 0 Å². The molecule has 2 aromatic carbocycles. The number of benzene rings is 2. The van der Waals surface area contributed by atoms with Crippen LogP contribution in [0, 0.1) is 11.8 Å². The molecular formula is C24H28N2O2. The molecule has 1 saturated carbocycles. The zero-order valence-electron chi connectivity index (χ0n) is 16.7. The van der Waals surface area contributed by atoms with Gasteiger partial charge in [-0.25, -0.2) is 0 Å². The third-order valence-electron chi connectivity index (χ3n) is 5.90. The summed E-state index contributed by atoms with van der Waals surface area (Å²) < 4.78 is 0. The molecule has 4 heteroatoms. The monoisotopic (exact) mass is 376 g/mol. The number of fused-ring (bicyclic) bond motifs is 1. The molecule has 2 amide bonds. The van der Waals surface area contributed by atoms with Crippen molar-refractivity contribution in [1.82, 2.24) is 4.90 Å². The minimum Gasteiger partial charge on any atom is -0.336 e. The molecule has 0 N–H and O–H groups in total. The summed E-state index contributed by atoms with van der Waals surface area (Å²) in [5.41, 5.74) is 3.39. The molecule has 1 aliphatic carbocycles. The van der Waals surface area contributed by atoms with Crippen LogP contribution in [0.1, 0.15) is 37.8 Å². The van der Waals surface area contributed by atoms with E-state index in [1.807, 2.05) is 72.2 Å². The molecule has 1 fully saturated rings. The predicted molar refractivity (Wildman–Crippen MR) is 111 cm³/mol. The number of aryl methyl sites for hydroxylation is 1. The molecule has 2 unspecified atom stereocenters. The van der Waals surface area contributed by atoms with Crippen LogP contribution < -0.4 is 4.90 Å². The van der Waals surface area contributed by atoms with Gasteiger partial charge in [0.15, 0.2) is 0 Å². The highest BCUT2D eigenvalue weighted by atomic mass is 16.2. The van der Waals surface area contributed by atoms with Gasteiger partial charge in [-0.15, -0.1) is 0 Å². The van der Waals surface area contributed by atoms with Crippen LogP contribution in [0.2, 0.25) is 0 Å². The van der Waals surface area contributed by atoms with Gasteiger partial charge < -0.3 is 9.80 Å². The van der Waals surface area contributed by atoms with Crippen LogP contribution in [0.4, 0.5) is 5.69 Å². The van der Waals surface area contributed by atoms with Crippen molar-refractivity contribution >= 4 is 17.5 Å². The minimum absolute atomic E-state index is 0.111. The number of nitrogens with zero attached hydrogens (tertiary/aromatic N) is 2. The van der Waals surface area contributed by atoms with E-state index in [0.29, 0.717) is 13.0 Å². The maximum atomic E-state index is 13.1. The minimum atomic E-state index is -0.173. The van der Waals surface area contributed by atoms with Crippen molar-refractivity contribution in [2.45, 2.75) is 45.7 Å². The number of anilines is 1. The van der Waals surface area contributed by atoms with Crippen LogP contribution >= 0.6 is 0 Å². The Morgan fingerprint density at radius 1 is 1.04 bits per heavy atom. The number of carbonyl (C=O) groups excluding carboxylic acids is 2. The number of rotatable bonds is 5. The van der Waals surface area contributed by atoms with Gasteiger partial charge in [0.25, 0.3) is 0 Å². The van der Waals surface area contributed by atoms with Crippen molar-refractivity contribution in [3.05, 3.63) is 65.7 Å². The van der Waals surface area contributed by atoms with E-state index in [-0.39, 0.29) is 29.7 Å². The van der Waals surface area contributed by atoms with Crippen molar-refractivity contribution < 1.29 is 9.59 Å². The topological polar surface area (TPSA) is 40.6 Å². The summed E-state index contributed by atoms with van der Waals surface area (Å²) in [4.78, 5) is 30.1. The summed E-state index contributed by atoms with van der Waals surface area (Å²) in [6.45, 7) is 5.44. The fourth-order valence-corrected chi connectivity index (χ4v) is 4.21. The Balaban J connectivity index is 1.45. The first-order valence-electron chi connectivity index (χ1n) is 10.3. The van der Waals surface area contributed by atoms with Gasteiger partial charge in [0, 0.05) is 24.8 Å². The van der Waals surface area contributed by atoms with Crippen molar-refractivity contribution in [1.29, 1.82) is 0 Å². The van der Waals surface area contributed by atoms with Gasteiger partial charge in [-0.1, -0.05) is 48.5 Å². The summed E-state index contributed by atoms with van der Waals surface area (Å²) in [6, 6.07) is 18.3. The van der Waals surface area contributed by atoms with E-state index >= 15 is 0 Å². The Labute approximate surface area is 167 Å². The Bertz CT molecular complexity index is 862. The van der Waals surface area contributed by atoms with E-state index < -0.39 is 0 Å². The lowest BCUT2D eigenvalue weighted by molar-refractivity contribution is -0.136. The van der Waals surface area contributed by atoms with Gasteiger partial charge in [-0.05, 0) is 50.3 Å². The Morgan fingerprint density at radius 2 is 1.75 bits per heavy atom. The second-order valence-corrected chi connectivity index (χ2v) is 8.22. The average Bonchev–Trinajstić information content (AvgIpc) is 3.52. The maximum absolute atomic E-state index is 13.1. The van der Waals surface area contributed by atoms with E-state index in [0.717, 1.165) is 30.6 Å². The first kappa shape index (κ1) is 18.7. The third kappa shape index (κ3) is 3.68. The van der Waals surface area contributed by atoms with Crippen molar-refractivity contribution in [2.24, 2.45) is 11.8 Å². The summed E-state index contributed by atoms with van der Waals surface area (Å²) >= 11 is 0. The molecular weight excluding hydrogens is 348 g/mol. The van der Waals surface area contributed by atoms with Crippen molar-refractivity contribution in [3.8, 4) is 0 Å². The van der Waals surface area contributed by atoms with E-state index in [9.17, 15) is 9.59 Å². The van der Waals surface area contributed by atoms with Gasteiger partial charge >= 0.3 is 0 Å². The first-order chi connectivity index (χ1) is 13.6. The van der Waals surface area contributed by atoms with E-state index in [2.05, 4.69) is 6.07 Å². The summed E-state index contributed by atoms with van der Waals surface area (Å²) in [5.74, 6) is -0.111. The fraction of sp³-hybridized carbons (Fsp3) is 0.417. The van der Waals surface area contributed by atoms with Crippen LogP contribution in [0.3, 0.4) is 0 Å².